The molecule has 0 aliphatic heterocycles. The van der Waals surface area contributed by atoms with Gasteiger partial charge in [0, 0.05) is 26.2 Å². The predicted molar refractivity (Wildman–Crippen MR) is 92.8 cm³/mol. The van der Waals surface area contributed by atoms with Crippen LogP contribution in [0.5, 0.6) is 11.5 Å². The fourth-order valence-corrected chi connectivity index (χ4v) is 2.75. The second kappa shape index (κ2) is 5.66. The Labute approximate surface area is 139 Å². The smallest absolute Gasteiger partial charge is 0.153 e. The van der Waals surface area contributed by atoms with Gasteiger partial charge in [-0.3, -0.25) is 4.98 Å². The van der Waals surface area contributed by atoms with Crippen LogP contribution in [0.25, 0.3) is 10.9 Å². The fraction of sp³-hybridized carbons (Fsp3) is 0.0625. The van der Waals surface area contributed by atoms with Crippen LogP contribution >= 0.6 is 31.9 Å². The Bertz CT molecular complexity index is 834. The summed E-state index contributed by atoms with van der Waals surface area (Å²) in [5.74, 6) is 1.48. The SMILES string of the molecule is Cc1ccc(Br)cc1Oc1ccc(N)c2cc(Br)cnc12. The average molecular weight is 408 g/mol. The highest BCUT2D eigenvalue weighted by atomic mass is 79.9. The van der Waals surface area contributed by atoms with Gasteiger partial charge in [0.1, 0.15) is 11.3 Å². The molecule has 0 saturated heterocycles. The maximum atomic E-state index is 6.03. The van der Waals surface area contributed by atoms with Crippen LogP contribution in [0.15, 0.2) is 51.5 Å². The summed E-state index contributed by atoms with van der Waals surface area (Å²) in [5.41, 5.74) is 8.50. The molecule has 0 amide bonds. The molecular weight excluding hydrogens is 396 g/mol. The molecule has 0 atom stereocenters. The zero-order valence-corrected chi connectivity index (χ0v) is 14.4. The monoisotopic (exact) mass is 406 g/mol. The second-order valence-electron chi connectivity index (χ2n) is 4.71. The lowest BCUT2D eigenvalue weighted by molar-refractivity contribution is 0.483. The van der Waals surface area contributed by atoms with Crippen molar-refractivity contribution in [3.63, 3.8) is 0 Å². The van der Waals surface area contributed by atoms with Crippen LogP contribution in [-0.2, 0) is 0 Å². The number of halogens is 2. The van der Waals surface area contributed by atoms with E-state index in [-0.39, 0.29) is 0 Å². The van der Waals surface area contributed by atoms with Crippen molar-refractivity contribution in [3.05, 3.63) is 57.1 Å². The van der Waals surface area contributed by atoms with Crippen molar-refractivity contribution in [2.75, 3.05) is 5.73 Å². The molecule has 106 valence electrons. The number of nitrogens with zero attached hydrogens (tertiary/aromatic N) is 1. The number of anilines is 1. The first-order valence-electron chi connectivity index (χ1n) is 6.32. The lowest BCUT2D eigenvalue weighted by atomic mass is 10.1. The van der Waals surface area contributed by atoms with Crippen molar-refractivity contribution in [2.45, 2.75) is 6.92 Å². The van der Waals surface area contributed by atoms with Crippen LogP contribution in [0.3, 0.4) is 0 Å². The molecule has 0 saturated carbocycles. The van der Waals surface area contributed by atoms with Crippen molar-refractivity contribution in [3.8, 4) is 11.5 Å². The number of hydrogen-bond acceptors (Lipinski definition) is 3. The van der Waals surface area contributed by atoms with Crippen LogP contribution in [0.2, 0.25) is 0 Å². The summed E-state index contributed by atoms with van der Waals surface area (Å²) in [6, 6.07) is 11.5. The summed E-state index contributed by atoms with van der Waals surface area (Å²) in [7, 11) is 0. The van der Waals surface area contributed by atoms with Gasteiger partial charge in [0.2, 0.25) is 0 Å². The molecule has 2 N–H and O–H groups in total. The van der Waals surface area contributed by atoms with Gasteiger partial charge < -0.3 is 10.5 Å². The van der Waals surface area contributed by atoms with E-state index in [2.05, 4.69) is 36.8 Å². The molecular formula is C16H12Br2N2O. The number of hydrogen-bond donors (Lipinski definition) is 1. The molecule has 0 unspecified atom stereocenters. The Morgan fingerprint density at radius 1 is 1.00 bits per heavy atom. The van der Waals surface area contributed by atoms with Crippen LogP contribution in [0.1, 0.15) is 5.56 Å². The van der Waals surface area contributed by atoms with E-state index < -0.39 is 0 Å². The molecule has 0 radical (unpaired) electrons. The largest absolute Gasteiger partial charge is 0.455 e. The van der Waals surface area contributed by atoms with Gasteiger partial charge in [-0.2, -0.15) is 0 Å². The third kappa shape index (κ3) is 2.89. The molecule has 0 aliphatic rings. The third-order valence-corrected chi connectivity index (χ3v) is 4.11. The van der Waals surface area contributed by atoms with E-state index in [9.17, 15) is 0 Å². The van der Waals surface area contributed by atoms with Gasteiger partial charge in [-0.15, -0.1) is 0 Å². The van der Waals surface area contributed by atoms with Crippen LogP contribution in [-0.4, -0.2) is 4.98 Å². The topological polar surface area (TPSA) is 48.1 Å². The van der Waals surface area contributed by atoms with Gasteiger partial charge in [-0.1, -0.05) is 22.0 Å². The van der Waals surface area contributed by atoms with Crippen LogP contribution in [0.4, 0.5) is 5.69 Å². The van der Waals surface area contributed by atoms with Gasteiger partial charge in [-0.25, -0.2) is 0 Å². The maximum absolute atomic E-state index is 6.03. The van der Waals surface area contributed by atoms with Gasteiger partial charge >= 0.3 is 0 Å². The highest BCUT2D eigenvalue weighted by molar-refractivity contribution is 9.10. The minimum Gasteiger partial charge on any atom is -0.455 e. The van der Waals surface area contributed by atoms with Crippen molar-refractivity contribution >= 4 is 48.5 Å². The highest BCUT2D eigenvalue weighted by Gasteiger charge is 2.10. The molecule has 3 aromatic rings. The van der Waals surface area contributed by atoms with E-state index in [1.807, 2.05) is 43.3 Å². The molecule has 0 aliphatic carbocycles. The number of fused-ring (bicyclic) bond motifs is 1. The number of nitrogen functional groups attached to an aromatic ring is 1. The van der Waals surface area contributed by atoms with E-state index in [1.165, 1.54) is 0 Å². The number of ether oxygens (including phenoxy) is 1. The first-order chi connectivity index (χ1) is 10.0. The zero-order chi connectivity index (χ0) is 15.0. The van der Waals surface area contributed by atoms with E-state index in [0.717, 1.165) is 31.2 Å². The van der Waals surface area contributed by atoms with E-state index in [4.69, 9.17) is 10.5 Å². The van der Waals surface area contributed by atoms with Crippen molar-refractivity contribution in [1.82, 2.24) is 4.98 Å². The average Bonchev–Trinajstić information content (AvgIpc) is 2.46. The number of aromatic nitrogens is 1. The van der Waals surface area contributed by atoms with E-state index in [1.54, 1.807) is 6.20 Å². The minimum absolute atomic E-state index is 0.678. The van der Waals surface area contributed by atoms with Crippen molar-refractivity contribution in [1.29, 1.82) is 0 Å². The zero-order valence-electron chi connectivity index (χ0n) is 11.2. The standard InChI is InChI=1S/C16H12Br2N2O/c1-9-2-3-10(17)7-15(9)21-14-5-4-13(19)12-6-11(18)8-20-16(12)14/h2-8H,19H2,1H3. The molecule has 3 rings (SSSR count). The quantitative estimate of drug-likeness (QED) is 0.575. The Kier molecular flexibility index (Phi) is 3.87. The summed E-state index contributed by atoms with van der Waals surface area (Å²) in [6.07, 6.45) is 1.74. The summed E-state index contributed by atoms with van der Waals surface area (Å²) in [5, 5.41) is 0.870. The van der Waals surface area contributed by atoms with Gasteiger partial charge in [-0.05, 0) is 58.7 Å². The molecule has 21 heavy (non-hydrogen) atoms. The molecule has 1 heterocycles. The second-order valence-corrected chi connectivity index (χ2v) is 6.55. The summed E-state index contributed by atoms with van der Waals surface area (Å²) in [4.78, 5) is 4.43. The van der Waals surface area contributed by atoms with E-state index in [0.29, 0.717) is 11.4 Å². The minimum atomic E-state index is 0.678. The Balaban J connectivity index is 2.13. The molecule has 3 nitrogen and oxygen atoms in total. The maximum Gasteiger partial charge on any atom is 0.153 e. The normalized spacial score (nSPS) is 10.8. The molecule has 5 heteroatoms. The summed E-state index contributed by atoms with van der Waals surface area (Å²) < 4.78 is 7.89. The number of aryl methyl sites for hydroxylation is 1. The lowest BCUT2D eigenvalue weighted by Crippen LogP contribution is -1.94. The molecule has 0 spiro atoms. The van der Waals surface area contributed by atoms with Crippen LogP contribution in [0, 0.1) is 6.92 Å². The number of benzene rings is 2. The van der Waals surface area contributed by atoms with Crippen LogP contribution < -0.4 is 10.5 Å². The number of nitrogens with two attached hydrogens (primary N) is 1. The number of rotatable bonds is 2. The molecule has 2 aromatic carbocycles. The van der Waals surface area contributed by atoms with Crippen molar-refractivity contribution in [2.24, 2.45) is 0 Å². The predicted octanol–water partition coefficient (Wildman–Crippen LogP) is 5.44. The van der Waals surface area contributed by atoms with Gasteiger partial charge in [0.05, 0.1) is 0 Å². The lowest BCUT2D eigenvalue weighted by Gasteiger charge is -2.12. The van der Waals surface area contributed by atoms with E-state index >= 15 is 0 Å². The molecule has 0 fully saturated rings. The first kappa shape index (κ1) is 14.4. The first-order valence-corrected chi connectivity index (χ1v) is 7.91. The van der Waals surface area contributed by atoms with Gasteiger partial charge in [0.25, 0.3) is 0 Å². The Morgan fingerprint density at radius 2 is 1.81 bits per heavy atom. The fourth-order valence-electron chi connectivity index (χ4n) is 2.07. The highest BCUT2D eigenvalue weighted by Crippen LogP contribution is 2.35. The van der Waals surface area contributed by atoms with Crippen molar-refractivity contribution < 1.29 is 4.74 Å². The Hall–Kier alpha value is -1.59. The summed E-state index contributed by atoms with van der Waals surface area (Å²) >= 11 is 6.87. The number of pyridine rings is 1. The van der Waals surface area contributed by atoms with Gasteiger partial charge in [0.15, 0.2) is 5.75 Å². The summed E-state index contributed by atoms with van der Waals surface area (Å²) in [6.45, 7) is 2.01. The third-order valence-electron chi connectivity index (χ3n) is 3.18. The molecule has 0 bridgehead atoms. The Morgan fingerprint density at radius 3 is 2.62 bits per heavy atom. The molecule has 1 aromatic heterocycles.